The number of halogens is 1. The number of H-pyrrole nitrogens is 1. The van der Waals surface area contributed by atoms with Gasteiger partial charge in [0.1, 0.15) is 5.82 Å². The van der Waals surface area contributed by atoms with E-state index in [2.05, 4.69) is 10.2 Å². The van der Waals surface area contributed by atoms with Gasteiger partial charge in [-0.1, -0.05) is 18.2 Å². The van der Waals surface area contributed by atoms with Crippen molar-refractivity contribution in [3.8, 4) is 0 Å². The first-order chi connectivity index (χ1) is 13.0. The predicted octanol–water partition coefficient (Wildman–Crippen LogP) is 2.36. The summed E-state index contributed by atoms with van der Waals surface area (Å²) in [5.41, 5.74) is 0.0189. The summed E-state index contributed by atoms with van der Waals surface area (Å²) in [5, 5.41) is 6.53. The van der Waals surface area contributed by atoms with Gasteiger partial charge >= 0.3 is 5.69 Å². The van der Waals surface area contributed by atoms with E-state index in [4.69, 9.17) is 0 Å². The van der Waals surface area contributed by atoms with E-state index in [9.17, 15) is 18.8 Å². The van der Waals surface area contributed by atoms with Crippen molar-refractivity contribution in [3.63, 3.8) is 0 Å². The van der Waals surface area contributed by atoms with Gasteiger partial charge in [0, 0.05) is 18.2 Å². The minimum atomic E-state index is -0.482. The minimum Gasteiger partial charge on any atom is -0.278 e. The Hall–Kier alpha value is -2.42. The van der Waals surface area contributed by atoms with Crippen LogP contribution >= 0.6 is 11.8 Å². The highest BCUT2D eigenvalue weighted by Gasteiger charge is 2.35. The standard InChI is InChI=1S/C18H19FN4O3S/c19-12-6-4-11(5-7-12)15(24)22-10-2-1-3-14(16(22)25)27-18-21-20-17(26)23(18)13-8-9-13/h4-7,13-14H,1-3,8-10H2,(H,20,26)/t14-/m1/s1. The number of aromatic amines is 1. The highest BCUT2D eigenvalue weighted by atomic mass is 32.2. The van der Waals surface area contributed by atoms with Gasteiger partial charge in [-0.2, -0.15) is 0 Å². The smallest absolute Gasteiger partial charge is 0.278 e. The molecule has 2 aromatic rings. The van der Waals surface area contributed by atoms with Crippen molar-refractivity contribution in [1.82, 2.24) is 19.7 Å². The first kappa shape index (κ1) is 18.0. The van der Waals surface area contributed by atoms with Crippen molar-refractivity contribution in [3.05, 3.63) is 46.1 Å². The van der Waals surface area contributed by atoms with E-state index in [0.29, 0.717) is 24.5 Å². The van der Waals surface area contributed by atoms with Crippen molar-refractivity contribution in [2.24, 2.45) is 0 Å². The van der Waals surface area contributed by atoms with E-state index in [1.165, 1.54) is 40.9 Å². The number of nitrogens with one attached hydrogen (secondary N) is 1. The summed E-state index contributed by atoms with van der Waals surface area (Å²) in [6.07, 6.45) is 3.99. The fraction of sp³-hybridized carbons (Fsp3) is 0.444. The number of thioether (sulfide) groups is 1. The summed E-state index contributed by atoms with van der Waals surface area (Å²) >= 11 is 1.24. The first-order valence-corrected chi connectivity index (χ1v) is 9.87. The first-order valence-electron chi connectivity index (χ1n) is 8.99. The van der Waals surface area contributed by atoms with Crippen molar-refractivity contribution >= 4 is 23.6 Å². The molecule has 0 spiro atoms. The molecule has 0 radical (unpaired) electrons. The monoisotopic (exact) mass is 390 g/mol. The van der Waals surface area contributed by atoms with Crippen molar-refractivity contribution < 1.29 is 14.0 Å². The van der Waals surface area contributed by atoms with Gasteiger partial charge in [-0.15, -0.1) is 5.10 Å². The Balaban J connectivity index is 1.55. The van der Waals surface area contributed by atoms with Gasteiger partial charge in [0.15, 0.2) is 5.16 Å². The van der Waals surface area contributed by atoms with Crippen molar-refractivity contribution in [2.75, 3.05) is 6.54 Å². The maximum absolute atomic E-state index is 13.1. The molecule has 1 aromatic heterocycles. The molecular formula is C18H19FN4O3S. The van der Waals surface area contributed by atoms with Gasteiger partial charge in [-0.05, 0) is 49.9 Å². The Kier molecular flexibility index (Phi) is 4.86. The third-order valence-corrected chi connectivity index (χ3v) is 6.03. The Bertz CT molecular complexity index is 919. The van der Waals surface area contributed by atoms with Crippen LogP contribution in [0.15, 0.2) is 34.2 Å². The maximum Gasteiger partial charge on any atom is 0.344 e. The minimum absolute atomic E-state index is 0.150. The highest BCUT2D eigenvalue weighted by molar-refractivity contribution is 8.00. The highest BCUT2D eigenvalue weighted by Crippen LogP contribution is 2.38. The molecule has 1 N–H and O–H groups in total. The molecule has 9 heteroatoms. The summed E-state index contributed by atoms with van der Waals surface area (Å²) < 4.78 is 14.7. The second kappa shape index (κ2) is 7.30. The number of likely N-dealkylation sites (tertiary alicyclic amines) is 1. The van der Waals surface area contributed by atoms with E-state index in [-0.39, 0.29) is 23.2 Å². The zero-order valence-electron chi connectivity index (χ0n) is 14.6. The summed E-state index contributed by atoms with van der Waals surface area (Å²) in [6.45, 7) is 0.335. The van der Waals surface area contributed by atoms with Crippen LogP contribution in [-0.4, -0.2) is 43.3 Å². The summed E-state index contributed by atoms with van der Waals surface area (Å²) in [5.74, 6) is -1.14. The van der Waals surface area contributed by atoms with Gasteiger partial charge in [0.25, 0.3) is 5.91 Å². The molecular weight excluding hydrogens is 371 g/mol. The zero-order chi connectivity index (χ0) is 19.0. The van der Waals surface area contributed by atoms with E-state index < -0.39 is 17.0 Å². The van der Waals surface area contributed by atoms with Crippen molar-refractivity contribution in [1.29, 1.82) is 0 Å². The molecule has 2 fully saturated rings. The third kappa shape index (κ3) is 3.69. The Morgan fingerprint density at radius 1 is 1.15 bits per heavy atom. The number of hydrogen-bond acceptors (Lipinski definition) is 5. The Morgan fingerprint density at radius 2 is 1.89 bits per heavy atom. The molecule has 1 aliphatic carbocycles. The van der Waals surface area contributed by atoms with Crippen LogP contribution in [0.1, 0.15) is 48.5 Å². The molecule has 2 heterocycles. The molecule has 2 aliphatic rings. The largest absolute Gasteiger partial charge is 0.344 e. The van der Waals surface area contributed by atoms with Crippen LogP contribution in [0.2, 0.25) is 0 Å². The number of hydrogen-bond donors (Lipinski definition) is 1. The number of carbonyl (C=O) groups excluding carboxylic acids is 2. The lowest BCUT2D eigenvalue weighted by atomic mass is 10.2. The van der Waals surface area contributed by atoms with Crippen LogP contribution in [0.4, 0.5) is 4.39 Å². The van der Waals surface area contributed by atoms with Crippen LogP contribution in [0.5, 0.6) is 0 Å². The third-order valence-electron chi connectivity index (χ3n) is 4.81. The number of amides is 2. The molecule has 0 bridgehead atoms. The second-order valence-electron chi connectivity index (χ2n) is 6.82. The fourth-order valence-electron chi connectivity index (χ4n) is 3.22. The average Bonchev–Trinajstić information content (AvgIpc) is 3.45. The number of nitrogens with zero attached hydrogens (tertiary/aromatic N) is 3. The molecule has 1 atom stereocenters. The number of carbonyl (C=O) groups is 2. The quantitative estimate of drug-likeness (QED) is 0.810. The Morgan fingerprint density at radius 3 is 2.59 bits per heavy atom. The molecule has 1 saturated carbocycles. The van der Waals surface area contributed by atoms with E-state index >= 15 is 0 Å². The lowest BCUT2D eigenvalue weighted by Crippen LogP contribution is -2.41. The summed E-state index contributed by atoms with van der Waals surface area (Å²) in [4.78, 5) is 39.0. The lowest BCUT2D eigenvalue weighted by Gasteiger charge is -2.22. The van der Waals surface area contributed by atoms with E-state index in [1.54, 1.807) is 4.57 Å². The van der Waals surface area contributed by atoms with Gasteiger partial charge in [-0.3, -0.25) is 19.1 Å². The van der Waals surface area contributed by atoms with Crippen LogP contribution in [0, 0.1) is 5.82 Å². The number of benzene rings is 1. The zero-order valence-corrected chi connectivity index (χ0v) is 15.4. The molecule has 1 aromatic carbocycles. The molecule has 2 amide bonds. The van der Waals surface area contributed by atoms with Crippen LogP contribution in [-0.2, 0) is 4.79 Å². The average molecular weight is 390 g/mol. The normalized spacial score (nSPS) is 20.6. The van der Waals surface area contributed by atoms with E-state index in [0.717, 1.165) is 19.3 Å². The number of rotatable bonds is 4. The SMILES string of the molecule is O=C(c1ccc(F)cc1)N1CCCC[C@@H](Sc2n[nH]c(=O)n2C2CC2)C1=O. The van der Waals surface area contributed by atoms with Crippen LogP contribution in [0.3, 0.4) is 0 Å². The van der Waals surface area contributed by atoms with Gasteiger partial charge in [0.05, 0.1) is 5.25 Å². The lowest BCUT2D eigenvalue weighted by molar-refractivity contribution is -0.127. The second-order valence-corrected chi connectivity index (χ2v) is 7.99. The molecule has 4 rings (SSSR count). The molecule has 1 aliphatic heterocycles. The summed E-state index contributed by atoms with van der Waals surface area (Å²) in [6, 6.07) is 5.34. The summed E-state index contributed by atoms with van der Waals surface area (Å²) in [7, 11) is 0. The predicted molar refractivity (Wildman–Crippen MR) is 97.1 cm³/mol. The molecule has 27 heavy (non-hydrogen) atoms. The molecule has 0 unspecified atom stereocenters. The van der Waals surface area contributed by atoms with Crippen LogP contribution in [0.25, 0.3) is 0 Å². The topological polar surface area (TPSA) is 88.1 Å². The Labute approximate surface area is 158 Å². The van der Waals surface area contributed by atoms with Gasteiger partial charge < -0.3 is 0 Å². The van der Waals surface area contributed by atoms with Crippen molar-refractivity contribution in [2.45, 2.75) is 48.6 Å². The molecule has 142 valence electrons. The molecule has 1 saturated heterocycles. The van der Waals surface area contributed by atoms with E-state index in [1.807, 2.05) is 0 Å². The number of imide groups is 1. The van der Waals surface area contributed by atoms with Gasteiger partial charge in [-0.25, -0.2) is 14.3 Å². The van der Waals surface area contributed by atoms with Gasteiger partial charge in [0.2, 0.25) is 5.91 Å². The fourth-order valence-corrected chi connectivity index (χ4v) is 4.43. The number of aromatic nitrogens is 3. The molecule has 7 nitrogen and oxygen atoms in total. The van der Waals surface area contributed by atoms with Crippen LogP contribution < -0.4 is 5.69 Å². The maximum atomic E-state index is 13.1.